The summed E-state index contributed by atoms with van der Waals surface area (Å²) in [5.41, 5.74) is 6.35. The van der Waals surface area contributed by atoms with E-state index in [2.05, 4.69) is 0 Å². The normalized spacial score (nSPS) is 14.5. The number of fused-ring (bicyclic) bond motifs is 1. The van der Waals surface area contributed by atoms with E-state index >= 15 is 0 Å². The van der Waals surface area contributed by atoms with Gasteiger partial charge in [0, 0.05) is 18.7 Å². The van der Waals surface area contributed by atoms with Gasteiger partial charge in [-0.05, 0) is 25.8 Å². The van der Waals surface area contributed by atoms with Crippen LogP contribution in [-0.4, -0.2) is 22.9 Å². The zero-order chi connectivity index (χ0) is 13.5. The second-order valence-electron chi connectivity index (χ2n) is 5.00. The van der Waals surface area contributed by atoms with Crippen LogP contribution in [0.15, 0.2) is 18.2 Å². The number of benzene rings is 1. The maximum absolute atomic E-state index is 12.1. The van der Waals surface area contributed by atoms with E-state index in [0.29, 0.717) is 18.7 Å². The number of nitro benzene ring substituents is 1. The summed E-state index contributed by atoms with van der Waals surface area (Å²) < 4.78 is 0. The number of rotatable bonds is 2. The fraction of sp³-hybridized carbons (Fsp3) is 0.417. The number of amides is 1. The van der Waals surface area contributed by atoms with Crippen LogP contribution in [0.3, 0.4) is 0 Å². The number of hydrogen-bond donors (Lipinski definition) is 1. The molecule has 0 bridgehead atoms. The molecule has 2 N–H and O–H groups in total. The molecule has 0 saturated carbocycles. The van der Waals surface area contributed by atoms with Crippen LogP contribution in [0.4, 0.5) is 11.4 Å². The summed E-state index contributed by atoms with van der Waals surface area (Å²) >= 11 is 0. The zero-order valence-electron chi connectivity index (χ0n) is 10.3. The minimum absolute atomic E-state index is 0.0109. The van der Waals surface area contributed by atoms with Crippen molar-refractivity contribution in [1.82, 2.24) is 0 Å². The Morgan fingerprint density at radius 1 is 1.50 bits per heavy atom. The van der Waals surface area contributed by atoms with Gasteiger partial charge in [-0.2, -0.15) is 0 Å². The molecule has 2 rings (SSSR count). The molecule has 1 aromatic carbocycles. The van der Waals surface area contributed by atoms with E-state index in [4.69, 9.17) is 5.73 Å². The largest absolute Gasteiger partial charge is 0.318 e. The highest BCUT2D eigenvalue weighted by Crippen LogP contribution is 2.32. The molecule has 1 aromatic rings. The monoisotopic (exact) mass is 249 g/mol. The van der Waals surface area contributed by atoms with Crippen molar-refractivity contribution in [3.63, 3.8) is 0 Å². The molecule has 0 aliphatic carbocycles. The highest BCUT2D eigenvalue weighted by molar-refractivity contribution is 6.01. The van der Waals surface area contributed by atoms with Gasteiger partial charge in [-0.15, -0.1) is 0 Å². The zero-order valence-corrected chi connectivity index (χ0v) is 10.3. The van der Waals surface area contributed by atoms with Gasteiger partial charge in [-0.1, -0.05) is 6.07 Å². The van der Waals surface area contributed by atoms with Gasteiger partial charge in [0.25, 0.3) is 5.69 Å². The summed E-state index contributed by atoms with van der Waals surface area (Å²) in [4.78, 5) is 24.0. The summed E-state index contributed by atoms with van der Waals surface area (Å²) in [7, 11) is 0. The molecule has 0 spiro atoms. The Morgan fingerprint density at radius 2 is 2.17 bits per heavy atom. The van der Waals surface area contributed by atoms with Crippen LogP contribution in [0, 0.1) is 10.1 Å². The number of nitro groups is 1. The number of carbonyl (C=O) groups excluding carboxylic acids is 1. The first-order valence-corrected chi connectivity index (χ1v) is 5.69. The number of nitrogens with zero attached hydrogens (tertiary/aromatic N) is 2. The summed E-state index contributed by atoms with van der Waals surface area (Å²) in [6, 6.07) is 4.59. The van der Waals surface area contributed by atoms with Gasteiger partial charge >= 0.3 is 0 Å². The Morgan fingerprint density at radius 3 is 2.72 bits per heavy atom. The fourth-order valence-electron chi connectivity index (χ4n) is 2.04. The van der Waals surface area contributed by atoms with Gasteiger partial charge in [0.05, 0.1) is 16.1 Å². The molecule has 0 fully saturated rings. The van der Waals surface area contributed by atoms with Crippen molar-refractivity contribution in [3.05, 3.63) is 33.9 Å². The van der Waals surface area contributed by atoms with Crippen LogP contribution in [-0.2, 0) is 11.2 Å². The molecule has 0 atom stereocenters. The quantitative estimate of drug-likeness (QED) is 0.630. The summed E-state index contributed by atoms with van der Waals surface area (Å²) in [5.74, 6) is -0.221. The molecule has 6 nitrogen and oxygen atoms in total. The van der Waals surface area contributed by atoms with Crippen LogP contribution in [0.1, 0.15) is 19.4 Å². The molecule has 0 saturated heterocycles. The number of hydrogen-bond acceptors (Lipinski definition) is 4. The van der Waals surface area contributed by atoms with Crippen molar-refractivity contribution in [2.24, 2.45) is 5.73 Å². The van der Waals surface area contributed by atoms with Gasteiger partial charge in [-0.25, -0.2) is 0 Å². The summed E-state index contributed by atoms with van der Waals surface area (Å²) in [6.45, 7) is 3.78. The molecular formula is C12H15N3O3. The van der Waals surface area contributed by atoms with Gasteiger partial charge in [0.2, 0.25) is 5.91 Å². The van der Waals surface area contributed by atoms with E-state index in [1.54, 1.807) is 19.9 Å². The molecule has 1 aliphatic rings. The Kier molecular flexibility index (Phi) is 2.82. The smallest absolute Gasteiger partial charge is 0.271 e. The van der Waals surface area contributed by atoms with E-state index in [1.165, 1.54) is 17.0 Å². The fourth-order valence-corrected chi connectivity index (χ4v) is 2.04. The Labute approximate surface area is 105 Å². The molecule has 1 amide bonds. The molecule has 18 heavy (non-hydrogen) atoms. The average Bonchev–Trinajstić information content (AvgIpc) is 2.68. The number of anilines is 1. The number of nitrogens with two attached hydrogens (primary N) is 1. The van der Waals surface area contributed by atoms with E-state index in [9.17, 15) is 14.9 Å². The minimum atomic E-state index is -0.980. The molecular weight excluding hydrogens is 234 g/mol. The van der Waals surface area contributed by atoms with E-state index < -0.39 is 10.5 Å². The van der Waals surface area contributed by atoms with E-state index in [0.717, 1.165) is 5.56 Å². The van der Waals surface area contributed by atoms with Crippen molar-refractivity contribution < 1.29 is 9.72 Å². The van der Waals surface area contributed by atoms with Gasteiger partial charge in [0.15, 0.2) is 0 Å². The SMILES string of the molecule is CC(C)(N)C(=O)N1CCc2ccc([N+](=O)[O-])cc21. The van der Waals surface area contributed by atoms with Gasteiger partial charge in [-0.3, -0.25) is 14.9 Å². The first kappa shape index (κ1) is 12.5. The van der Waals surface area contributed by atoms with Gasteiger partial charge < -0.3 is 10.6 Å². The minimum Gasteiger partial charge on any atom is -0.318 e. The summed E-state index contributed by atoms with van der Waals surface area (Å²) in [5, 5.41) is 10.8. The average molecular weight is 249 g/mol. The molecule has 1 heterocycles. The second kappa shape index (κ2) is 4.06. The lowest BCUT2D eigenvalue weighted by molar-refractivity contribution is -0.384. The predicted octanol–water partition coefficient (Wildman–Crippen LogP) is 1.22. The second-order valence-corrected chi connectivity index (χ2v) is 5.00. The van der Waals surface area contributed by atoms with Gasteiger partial charge in [0.1, 0.15) is 0 Å². The molecule has 0 unspecified atom stereocenters. The lowest BCUT2D eigenvalue weighted by Crippen LogP contribution is -2.50. The predicted molar refractivity (Wildman–Crippen MR) is 67.4 cm³/mol. The first-order chi connectivity index (χ1) is 8.30. The Hall–Kier alpha value is -1.95. The van der Waals surface area contributed by atoms with E-state index in [1.807, 2.05) is 0 Å². The lowest BCUT2D eigenvalue weighted by atomic mass is 10.1. The van der Waals surface area contributed by atoms with Crippen LogP contribution in [0.2, 0.25) is 0 Å². The molecule has 0 radical (unpaired) electrons. The van der Waals surface area contributed by atoms with Crippen LogP contribution < -0.4 is 10.6 Å². The standard InChI is InChI=1S/C12H15N3O3/c1-12(2,13)11(16)14-6-5-8-3-4-9(15(17)18)7-10(8)14/h3-4,7H,5-6,13H2,1-2H3. The number of non-ortho nitro benzene ring substituents is 1. The van der Waals surface area contributed by atoms with Crippen molar-refractivity contribution >= 4 is 17.3 Å². The molecule has 96 valence electrons. The highest BCUT2D eigenvalue weighted by atomic mass is 16.6. The Balaban J connectivity index is 2.40. The van der Waals surface area contributed by atoms with Crippen molar-refractivity contribution in [2.75, 3.05) is 11.4 Å². The van der Waals surface area contributed by atoms with E-state index in [-0.39, 0.29) is 11.6 Å². The van der Waals surface area contributed by atoms with Crippen molar-refractivity contribution in [1.29, 1.82) is 0 Å². The lowest BCUT2D eigenvalue weighted by Gasteiger charge is -2.25. The third-order valence-corrected chi connectivity index (χ3v) is 2.97. The van der Waals surface area contributed by atoms with Crippen molar-refractivity contribution in [3.8, 4) is 0 Å². The third kappa shape index (κ3) is 2.06. The topological polar surface area (TPSA) is 89.5 Å². The maximum atomic E-state index is 12.1. The Bertz CT molecular complexity index is 520. The van der Waals surface area contributed by atoms with Crippen LogP contribution in [0.25, 0.3) is 0 Å². The van der Waals surface area contributed by atoms with Crippen LogP contribution >= 0.6 is 0 Å². The van der Waals surface area contributed by atoms with Crippen molar-refractivity contribution in [2.45, 2.75) is 25.8 Å². The molecule has 1 aliphatic heterocycles. The maximum Gasteiger partial charge on any atom is 0.271 e. The molecule has 6 heteroatoms. The number of carbonyl (C=O) groups is 1. The highest BCUT2D eigenvalue weighted by Gasteiger charge is 2.33. The summed E-state index contributed by atoms with van der Waals surface area (Å²) in [6.07, 6.45) is 0.704. The third-order valence-electron chi connectivity index (χ3n) is 2.97. The van der Waals surface area contributed by atoms with Crippen LogP contribution in [0.5, 0.6) is 0 Å². The molecule has 0 aromatic heterocycles. The first-order valence-electron chi connectivity index (χ1n) is 5.69.